The number of amides is 1. The second kappa shape index (κ2) is 5.84. The van der Waals surface area contributed by atoms with E-state index in [1.807, 2.05) is 6.92 Å². The highest BCUT2D eigenvalue weighted by Crippen LogP contribution is 2.38. The van der Waals surface area contributed by atoms with Crippen LogP contribution in [0.15, 0.2) is 12.1 Å². The molecule has 1 atom stereocenters. The maximum atomic E-state index is 12.3. The number of fused-ring (bicyclic) bond motifs is 1. The number of nitrogens with two attached hydrogens (primary N) is 1. The molecule has 1 aromatic rings. The predicted octanol–water partition coefficient (Wildman–Crippen LogP) is 3.15. The highest BCUT2D eigenvalue weighted by atomic mass is 16.7. The van der Waals surface area contributed by atoms with Crippen LogP contribution in [0.2, 0.25) is 0 Å². The van der Waals surface area contributed by atoms with E-state index in [0.717, 1.165) is 6.42 Å². The largest absolute Gasteiger partial charge is 0.454 e. The summed E-state index contributed by atoms with van der Waals surface area (Å²) in [6, 6.07) is 3.43. The third-order valence-electron chi connectivity index (χ3n) is 4.41. The van der Waals surface area contributed by atoms with Crippen LogP contribution < -0.4 is 20.5 Å². The lowest BCUT2D eigenvalue weighted by Gasteiger charge is -2.17. The van der Waals surface area contributed by atoms with Gasteiger partial charge in [0.25, 0.3) is 0 Å². The Labute approximate surface area is 124 Å². The van der Waals surface area contributed by atoms with Gasteiger partial charge in [-0.2, -0.15) is 0 Å². The van der Waals surface area contributed by atoms with Gasteiger partial charge < -0.3 is 20.5 Å². The third-order valence-corrected chi connectivity index (χ3v) is 4.41. The van der Waals surface area contributed by atoms with Gasteiger partial charge >= 0.3 is 0 Å². The molecule has 1 aromatic carbocycles. The van der Waals surface area contributed by atoms with E-state index in [2.05, 4.69) is 5.32 Å². The third kappa shape index (κ3) is 3.06. The molecule has 1 unspecified atom stereocenters. The van der Waals surface area contributed by atoms with Crippen LogP contribution in [-0.2, 0) is 4.79 Å². The molecule has 1 heterocycles. The van der Waals surface area contributed by atoms with Gasteiger partial charge in [0.2, 0.25) is 12.7 Å². The van der Waals surface area contributed by atoms with Gasteiger partial charge in [0, 0.05) is 18.1 Å². The lowest BCUT2D eigenvalue weighted by Crippen LogP contribution is -2.22. The lowest BCUT2D eigenvalue weighted by atomic mass is 9.94. The summed E-state index contributed by atoms with van der Waals surface area (Å²) in [7, 11) is 0. The molecule has 5 heteroatoms. The summed E-state index contributed by atoms with van der Waals surface area (Å²) >= 11 is 0. The molecule has 0 bridgehead atoms. The van der Waals surface area contributed by atoms with Crippen molar-refractivity contribution >= 4 is 17.3 Å². The number of ether oxygens (including phenoxy) is 2. The average Bonchev–Trinajstić information content (AvgIpc) is 3.10. The second-order valence-electron chi connectivity index (χ2n) is 6.07. The average molecular weight is 290 g/mol. The number of nitrogens with one attached hydrogen (secondary N) is 1. The van der Waals surface area contributed by atoms with Gasteiger partial charge in [-0.1, -0.05) is 32.6 Å². The molecule has 1 saturated carbocycles. The summed E-state index contributed by atoms with van der Waals surface area (Å²) in [5.41, 5.74) is 7.06. The molecule has 0 aromatic heterocycles. The quantitative estimate of drug-likeness (QED) is 0.835. The van der Waals surface area contributed by atoms with Gasteiger partial charge in [0.05, 0.1) is 11.4 Å². The van der Waals surface area contributed by atoms with E-state index in [0.29, 0.717) is 28.8 Å². The number of nitrogen functional groups attached to an aromatic ring is 1. The summed E-state index contributed by atoms with van der Waals surface area (Å²) in [4.78, 5) is 12.3. The summed E-state index contributed by atoms with van der Waals surface area (Å²) in [6.07, 6.45) is 6.06. The molecule has 1 aliphatic heterocycles. The van der Waals surface area contributed by atoms with E-state index in [1.54, 1.807) is 12.1 Å². The van der Waals surface area contributed by atoms with Crippen LogP contribution in [0, 0.1) is 11.8 Å². The number of benzene rings is 1. The van der Waals surface area contributed by atoms with E-state index >= 15 is 0 Å². The first-order valence-corrected chi connectivity index (χ1v) is 7.63. The summed E-state index contributed by atoms with van der Waals surface area (Å²) in [5, 5.41) is 2.91. The SMILES string of the molecule is CC(CC1CCCC1)C(=O)Nc1cc2c(cc1N)OCO2. The van der Waals surface area contributed by atoms with Crippen LogP contribution >= 0.6 is 0 Å². The van der Waals surface area contributed by atoms with Crippen molar-refractivity contribution in [1.82, 2.24) is 0 Å². The number of anilines is 2. The second-order valence-corrected chi connectivity index (χ2v) is 6.07. The van der Waals surface area contributed by atoms with Crippen molar-refractivity contribution in [3.63, 3.8) is 0 Å². The number of carbonyl (C=O) groups excluding carboxylic acids is 1. The van der Waals surface area contributed by atoms with Crippen LogP contribution in [0.3, 0.4) is 0 Å². The van der Waals surface area contributed by atoms with Gasteiger partial charge in [0.15, 0.2) is 11.5 Å². The van der Waals surface area contributed by atoms with Gasteiger partial charge in [0.1, 0.15) is 0 Å². The van der Waals surface area contributed by atoms with Gasteiger partial charge in [-0.05, 0) is 12.3 Å². The van der Waals surface area contributed by atoms with Crippen molar-refractivity contribution in [2.24, 2.45) is 11.8 Å². The molecule has 0 saturated heterocycles. The van der Waals surface area contributed by atoms with E-state index < -0.39 is 0 Å². The van der Waals surface area contributed by atoms with Crippen molar-refractivity contribution in [2.45, 2.75) is 39.0 Å². The van der Waals surface area contributed by atoms with E-state index in [4.69, 9.17) is 15.2 Å². The van der Waals surface area contributed by atoms with Crippen molar-refractivity contribution < 1.29 is 14.3 Å². The molecule has 1 amide bonds. The molecule has 21 heavy (non-hydrogen) atoms. The Morgan fingerprint density at radius 1 is 1.33 bits per heavy atom. The van der Waals surface area contributed by atoms with E-state index in [1.165, 1.54) is 25.7 Å². The summed E-state index contributed by atoms with van der Waals surface area (Å²) < 4.78 is 10.6. The van der Waals surface area contributed by atoms with E-state index in [-0.39, 0.29) is 18.6 Å². The van der Waals surface area contributed by atoms with Crippen LogP contribution in [0.1, 0.15) is 39.0 Å². The van der Waals surface area contributed by atoms with Crippen LogP contribution in [-0.4, -0.2) is 12.7 Å². The molecule has 0 spiro atoms. The molecule has 1 fully saturated rings. The zero-order valence-electron chi connectivity index (χ0n) is 12.4. The minimum atomic E-state index is -0.00192. The number of rotatable bonds is 4. The fraction of sp³-hybridized carbons (Fsp3) is 0.562. The molecule has 3 N–H and O–H groups in total. The van der Waals surface area contributed by atoms with E-state index in [9.17, 15) is 4.79 Å². The molecule has 1 aliphatic carbocycles. The molecule has 3 rings (SSSR count). The maximum absolute atomic E-state index is 12.3. The van der Waals surface area contributed by atoms with Crippen LogP contribution in [0.4, 0.5) is 11.4 Å². The van der Waals surface area contributed by atoms with Crippen molar-refractivity contribution in [1.29, 1.82) is 0 Å². The number of carbonyl (C=O) groups is 1. The summed E-state index contributed by atoms with van der Waals surface area (Å²) in [6.45, 7) is 2.18. The normalized spacial score (nSPS) is 18.7. The van der Waals surface area contributed by atoms with Gasteiger partial charge in [-0.25, -0.2) is 0 Å². The first-order chi connectivity index (χ1) is 10.1. The lowest BCUT2D eigenvalue weighted by molar-refractivity contribution is -0.119. The molecular formula is C16H22N2O3. The Hall–Kier alpha value is -1.91. The molecular weight excluding hydrogens is 268 g/mol. The smallest absolute Gasteiger partial charge is 0.231 e. The molecule has 0 radical (unpaired) electrons. The minimum absolute atomic E-state index is 0.00192. The number of hydrogen-bond acceptors (Lipinski definition) is 4. The highest BCUT2D eigenvalue weighted by Gasteiger charge is 2.23. The standard InChI is InChI=1S/C16H22N2O3/c1-10(6-11-4-2-3-5-11)16(19)18-13-8-15-14(7-12(13)17)20-9-21-15/h7-8,10-11H,2-6,9,17H2,1H3,(H,18,19). The maximum Gasteiger partial charge on any atom is 0.231 e. The highest BCUT2D eigenvalue weighted by molar-refractivity contribution is 5.95. The van der Waals surface area contributed by atoms with Gasteiger partial charge in [-0.15, -0.1) is 0 Å². The molecule has 2 aliphatic rings. The topological polar surface area (TPSA) is 73.6 Å². The fourth-order valence-electron chi connectivity index (χ4n) is 3.17. The van der Waals surface area contributed by atoms with Gasteiger partial charge in [-0.3, -0.25) is 4.79 Å². The summed E-state index contributed by atoms with van der Waals surface area (Å²) in [5.74, 6) is 1.97. The van der Waals surface area contributed by atoms with Crippen LogP contribution in [0.25, 0.3) is 0 Å². The first kappa shape index (κ1) is 14.0. The van der Waals surface area contributed by atoms with Crippen molar-refractivity contribution in [3.05, 3.63) is 12.1 Å². The Balaban J connectivity index is 1.64. The van der Waals surface area contributed by atoms with Crippen molar-refractivity contribution in [3.8, 4) is 11.5 Å². The molecule has 114 valence electrons. The Bertz CT molecular complexity index is 539. The Morgan fingerprint density at radius 3 is 2.71 bits per heavy atom. The fourth-order valence-corrected chi connectivity index (χ4v) is 3.17. The first-order valence-electron chi connectivity index (χ1n) is 7.63. The minimum Gasteiger partial charge on any atom is -0.454 e. The number of hydrogen-bond donors (Lipinski definition) is 2. The Kier molecular flexibility index (Phi) is 3.90. The monoisotopic (exact) mass is 290 g/mol. The van der Waals surface area contributed by atoms with Crippen LogP contribution in [0.5, 0.6) is 11.5 Å². The zero-order valence-corrected chi connectivity index (χ0v) is 12.4. The Morgan fingerprint density at radius 2 is 2.00 bits per heavy atom. The van der Waals surface area contributed by atoms with Crippen molar-refractivity contribution in [2.75, 3.05) is 17.8 Å². The zero-order chi connectivity index (χ0) is 14.8. The molecule has 5 nitrogen and oxygen atoms in total. The predicted molar refractivity (Wildman–Crippen MR) is 81.3 cm³/mol.